The van der Waals surface area contributed by atoms with Gasteiger partial charge >= 0.3 is 5.97 Å². The molecule has 0 saturated carbocycles. The normalized spacial score (nSPS) is 12.1. The average molecular weight is 257 g/mol. The lowest BCUT2D eigenvalue weighted by Gasteiger charge is -2.06. The molecule has 0 saturated heterocycles. The Hall–Kier alpha value is -1.16. The second kappa shape index (κ2) is 4.37. The summed E-state index contributed by atoms with van der Waals surface area (Å²) in [6.07, 6.45) is 0. The highest BCUT2D eigenvalue weighted by atomic mass is 79.9. The molecule has 0 radical (unpaired) electrons. The van der Waals surface area contributed by atoms with Crippen LogP contribution in [0.15, 0.2) is 24.3 Å². The van der Waals surface area contributed by atoms with Gasteiger partial charge in [0.1, 0.15) is 5.78 Å². The Morgan fingerprint density at radius 2 is 2.07 bits per heavy atom. The van der Waals surface area contributed by atoms with Gasteiger partial charge in [0.15, 0.2) is 0 Å². The zero-order valence-electron chi connectivity index (χ0n) is 7.53. The average Bonchev–Trinajstić information content (AvgIpc) is 2.16. The first-order valence-electron chi connectivity index (χ1n) is 4.00. The number of rotatable bonds is 3. The van der Waals surface area contributed by atoms with Crippen molar-refractivity contribution in [2.75, 3.05) is 0 Å². The summed E-state index contributed by atoms with van der Waals surface area (Å²) in [4.78, 5) is 21.2. The third kappa shape index (κ3) is 2.42. The zero-order valence-corrected chi connectivity index (χ0v) is 9.11. The lowest BCUT2D eigenvalue weighted by atomic mass is 10.1. The fraction of sp³-hybridized carbons (Fsp3) is 0.200. The summed E-state index contributed by atoms with van der Waals surface area (Å²) in [5.41, 5.74) is 0.852. The van der Waals surface area contributed by atoms with Crippen LogP contribution in [0, 0.1) is 0 Å². The third-order valence-corrected chi connectivity index (χ3v) is 2.96. The Kier molecular flexibility index (Phi) is 3.41. The molecule has 1 atom stereocenters. The molecule has 0 aliphatic carbocycles. The second-order valence-corrected chi connectivity index (χ2v) is 3.82. The highest BCUT2D eigenvalue weighted by molar-refractivity contribution is 9.09. The molecule has 0 spiro atoms. The van der Waals surface area contributed by atoms with Crippen molar-refractivity contribution in [3.8, 4) is 0 Å². The number of carbonyl (C=O) groups is 2. The molecule has 74 valence electrons. The fourth-order valence-electron chi connectivity index (χ4n) is 1.06. The summed E-state index contributed by atoms with van der Waals surface area (Å²) in [5.74, 6) is -1.04. The van der Waals surface area contributed by atoms with Crippen LogP contribution in [0.3, 0.4) is 0 Å². The molecule has 0 aliphatic heterocycles. The van der Waals surface area contributed by atoms with E-state index in [9.17, 15) is 9.59 Å². The molecule has 1 aromatic rings. The number of halogens is 1. The zero-order chi connectivity index (χ0) is 10.7. The van der Waals surface area contributed by atoms with Gasteiger partial charge in [0.2, 0.25) is 0 Å². The van der Waals surface area contributed by atoms with Crippen LogP contribution in [-0.4, -0.2) is 16.9 Å². The van der Waals surface area contributed by atoms with Crippen LogP contribution in [0.2, 0.25) is 0 Å². The first-order chi connectivity index (χ1) is 6.52. The molecule has 4 heteroatoms. The van der Waals surface area contributed by atoms with Crippen molar-refractivity contribution < 1.29 is 14.7 Å². The van der Waals surface area contributed by atoms with Gasteiger partial charge in [-0.15, -0.1) is 0 Å². The van der Waals surface area contributed by atoms with E-state index in [0.29, 0.717) is 5.56 Å². The van der Waals surface area contributed by atoms with E-state index in [1.54, 1.807) is 12.1 Å². The fourth-order valence-corrected chi connectivity index (χ4v) is 1.35. The summed E-state index contributed by atoms with van der Waals surface area (Å²) in [5, 5.41) is 8.73. The van der Waals surface area contributed by atoms with E-state index in [1.165, 1.54) is 19.1 Å². The molecule has 0 fully saturated rings. The smallest absolute Gasteiger partial charge is 0.335 e. The first kappa shape index (κ1) is 10.9. The lowest BCUT2D eigenvalue weighted by molar-refractivity contribution is -0.116. The van der Waals surface area contributed by atoms with E-state index in [0.717, 1.165) is 0 Å². The summed E-state index contributed by atoms with van der Waals surface area (Å²) in [6.45, 7) is 1.45. The van der Waals surface area contributed by atoms with Crippen LogP contribution < -0.4 is 0 Å². The topological polar surface area (TPSA) is 54.4 Å². The number of aromatic carboxylic acids is 1. The third-order valence-electron chi connectivity index (χ3n) is 1.78. The minimum Gasteiger partial charge on any atom is -0.478 e. The summed E-state index contributed by atoms with van der Waals surface area (Å²) < 4.78 is 0. The standard InChI is InChI=1S/C10H9BrO3/c1-6(12)9(11)7-3-2-4-8(5-7)10(13)14/h2-5,9H,1H3,(H,13,14). The summed E-state index contributed by atoms with van der Waals surface area (Å²) >= 11 is 3.19. The van der Waals surface area contributed by atoms with Crippen LogP contribution in [-0.2, 0) is 4.79 Å². The van der Waals surface area contributed by atoms with E-state index in [2.05, 4.69) is 15.9 Å². The molecule has 1 rings (SSSR count). The predicted molar refractivity (Wildman–Crippen MR) is 55.8 cm³/mol. The monoisotopic (exact) mass is 256 g/mol. The number of ketones is 1. The molecule has 0 amide bonds. The molecule has 1 N–H and O–H groups in total. The minimum atomic E-state index is -0.991. The Bertz CT molecular complexity index is 373. The number of carboxylic acid groups (broad SMARTS) is 1. The molecule has 1 aromatic carbocycles. The van der Waals surface area contributed by atoms with Crippen LogP contribution >= 0.6 is 15.9 Å². The van der Waals surface area contributed by atoms with E-state index >= 15 is 0 Å². The highest BCUT2D eigenvalue weighted by Gasteiger charge is 2.13. The maximum atomic E-state index is 11.0. The summed E-state index contributed by atoms with van der Waals surface area (Å²) in [6, 6.07) is 6.32. The van der Waals surface area contributed by atoms with E-state index in [4.69, 9.17) is 5.11 Å². The van der Waals surface area contributed by atoms with Crippen molar-refractivity contribution in [1.82, 2.24) is 0 Å². The van der Waals surface area contributed by atoms with Gasteiger partial charge in [0.05, 0.1) is 10.4 Å². The molecule has 1 unspecified atom stereocenters. The number of hydrogen-bond acceptors (Lipinski definition) is 2. The van der Waals surface area contributed by atoms with Crippen LogP contribution in [0.1, 0.15) is 27.7 Å². The van der Waals surface area contributed by atoms with Crippen LogP contribution in [0.25, 0.3) is 0 Å². The number of alkyl halides is 1. The maximum Gasteiger partial charge on any atom is 0.335 e. The molecule has 0 bridgehead atoms. The summed E-state index contributed by atoms with van der Waals surface area (Å²) in [7, 11) is 0. The Morgan fingerprint density at radius 1 is 1.43 bits per heavy atom. The first-order valence-corrected chi connectivity index (χ1v) is 4.91. The van der Waals surface area contributed by atoms with Gasteiger partial charge in [0.25, 0.3) is 0 Å². The maximum absolute atomic E-state index is 11.0. The van der Waals surface area contributed by atoms with E-state index in [-0.39, 0.29) is 11.3 Å². The van der Waals surface area contributed by atoms with Crippen molar-refractivity contribution in [2.24, 2.45) is 0 Å². The molecule has 0 aliphatic rings. The van der Waals surface area contributed by atoms with Crippen LogP contribution in [0.5, 0.6) is 0 Å². The predicted octanol–water partition coefficient (Wildman–Crippen LogP) is 2.41. The van der Waals surface area contributed by atoms with Crippen molar-refractivity contribution in [3.05, 3.63) is 35.4 Å². The van der Waals surface area contributed by atoms with Crippen molar-refractivity contribution in [1.29, 1.82) is 0 Å². The van der Waals surface area contributed by atoms with Gasteiger partial charge in [-0.1, -0.05) is 28.1 Å². The molecular weight excluding hydrogens is 248 g/mol. The number of carbonyl (C=O) groups excluding carboxylic acids is 1. The molecule has 0 aromatic heterocycles. The number of carboxylic acids is 1. The lowest BCUT2D eigenvalue weighted by Crippen LogP contribution is -2.03. The SMILES string of the molecule is CC(=O)C(Br)c1cccc(C(=O)O)c1. The Labute approximate surface area is 89.9 Å². The van der Waals surface area contributed by atoms with Gasteiger partial charge in [-0.3, -0.25) is 4.79 Å². The quantitative estimate of drug-likeness (QED) is 0.846. The largest absolute Gasteiger partial charge is 0.478 e. The van der Waals surface area contributed by atoms with Gasteiger partial charge < -0.3 is 5.11 Å². The van der Waals surface area contributed by atoms with Crippen LogP contribution in [0.4, 0.5) is 0 Å². The highest BCUT2D eigenvalue weighted by Crippen LogP contribution is 2.24. The molecule has 14 heavy (non-hydrogen) atoms. The molecule has 0 heterocycles. The van der Waals surface area contributed by atoms with Gasteiger partial charge in [0, 0.05) is 0 Å². The second-order valence-electron chi connectivity index (χ2n) is 2.90. The van der Waals surface area contributed by atoms with Gasteiger partial charge in [-0.05, 0) is 24.6 Å². The van der Waals surface area contributed by atoms with E-state index in [1.807, 2.05) is 0 Å². The Morgan fingerprint density at radius 3 is 2.57 bits per heavy atom. The number of benzene rings is 1. The molecule has 3 nitrogen and oxygen atoms in total. The van der Waals surface area contributed by atoms with Crippen molar-refractivity contribution in [2.45, 2.75) is 11.8 Å². The number of hydrogen-bond donors (Lipinski definition) is 1. The Balaban J connectivity index is 3.05. The minimum absolute atomic E-state index is 0.0486. The van der Waals surface area contributed by atoms with Crippen molar-refractivity contribution >= 4 is 27.7 Å². The molecular formula is C10H9BrO3. The van der Waals surface area contributed by atoms with Gasteiger partial charge in [-0.2, -0.15) is 0 Å². The van der Waals surface area contributed by atoms with Crippen molar-refractivity contribution in [3.63, 3.8) is 0 Å². The van der Waals surface area contributed by atoms with E-state index < -0.39 is 10.8 Å². The number of Topliss-reactive ketones (excluding diaryl/α,β-unsaturated/α-hetero) is 1. The van der Waals surface area contributed by atoms with Gasteiger partial charge in [-0.25, -0.2) is 4.79 Å².